The van der Waals surface area contributed by atoms with Crippen molar-refractivity contribution in [2.45, 2.75) is 33.2 Å². The first-order valence-electron chi connectivity index (χ1n) is 10.3. The number of nitrogens with zero attached hydrogens (tertiary/aromatic N) is 3. The Morgan fingerprint density at radius 1 is 1.27 bits per heavy atom. The van der Waals surface area contributed by atoms with E-state index in [0.29, 0.717) is 5.69 Å². The molecule has 4 rings (SSSR count). The molecule has 156 valence electrons. The van der Waals surface area contributed by atoms with E-state index in [-0.39, 0.29) is 11.5 Å². The van der Waals surface area contributed by atoms with Crippen LogP contribution in [0.15, 0.2) is 41.5 Å². The molecule has 2 N–H and O–H groups in total. The molecule has 0 saturated heterocycles. The normalized spacial score (nSPS) is 14.7. The summed E-state index contributed by atoms with van der Waals surface area (Å²) in [7, 11) is 1.61. The molecule has 3 aromatic rings. The fraction of sp³-hybridized carbons (Fsp3) is 0.348. The number of amides is 1. The molecule has 0 unspecified atom stereocenters. The van der Waals surface area contributed by atoms with Gasteiger partial charge in [0, 0.05) is 55.9 Å². The van der Waals surface area contributed by atoms with Crippen LogP contribution >= 0.6 is 0 Å². The third-order valence-electron chi connectivity index (χ3n) is 5.78. The molecule has 0 atom stereocenters. The summed E-state index contributed by atoms with van der Waals surface area (Å²) < 4.78 is 2.00. The molecule has 30 heavy (non-hydrogen) atoms. The molecular formula is C23H27N5O2. The largest absolute Gasteiger partial charge is 0.354 e. The second kappa shape index (κ2) is 8.28. The Labute approximate surface area is 175 Å². The highest BCUT2D eigenvalue weighted by Crippen LogP contribution is 2.26. The maximum atomic E-state index is 12.2. The van der Waals surface area contributed by atoms with Crippen molar-refractivity contribution in [1.82, 2.24) is 24.6 Å². The van der Waals surface area contributed by atoms with Crippen LogP contribution in [0.5, 0.6) is 0 Å². The van der Waals surface area contributed by atoms with Crippen molar-refractivity contribution < 1.29 is 4.79 Å². The number of hydrogen-bond donors (Lipinski definition) is 2. The first-order chi connectivity index (χ1) is 14.5. The molecule has 0 spiro atoms. The molecule has 1 aliphatic heterocycles. The minimum atomic E-state index is -0.169. The van der Waals surface area contributed by atoms with Crippen LogP contribution in [0.4, 0.5) is 0 Å². The van der Waals surface area contributed by atoms with Crippen LogP contribution in [0, 0.1) is 6.92 Å². The first-order valence-corrected chi connectivity index (χ1v) is 10.3. The zero-order chi connectivity index (χ0) is 21.3. The maximum Gasteiger partial charge on any atom is 0.269 e. The van der Waals surface area contributed by atoms with E-state index in [9.17, 15) is 9.59 Å². The van der Waals surface area contributed by atoms with Crippen LogP contribution in [0.2, 0.25) is 0 Å². The molecule has 0 radical (unpaired) electrons. The zero-order valence-corrected chi connectivity index (χ0v) is 17.7. The molecule has 1 amide bonds. The van der Waals surface area contributed by atoms with Gasteiger partial charge in [0.2, 0.25) is 0 Å². The predicted octanol–water partition coefficient (Wildman–Crippen LogP) is 2.54. The van der Waals surface area contributed by atoms with E-state index < -0.39 is 0 Å². The number of hydrogen-bond acceptors (Lipinski definition) is 4. The van der Waals surface area contributed by atoms with E-state index in [1.165, 1.54) is 5.57 Å². The van der Waals surface area contributed by atoms with Gasteiger partial charge in [0.15, 0.2) is 0 Å². The number of fused-ring (bicyclic) bond motifs is 1. The van der Waals surface area contributed by atoms with Crippen LogP contribution in [-0.2, 0) is 13.0 Å². The molecular weight excluding hydrogens is 378 g/mol. The quantitative estimate of drug-likeness (QED) is 0.683. The lowest BCUT2D eigenvalue weighted by molar-refractivity contribution is 0.0958. The molecule has 4 heterocycles. The highest BCUT2D eigenvalue weighted by molar-refractivity contribution is 5.92. The Hall–Kier alpha value is -3.19. The zero-order valence-electron chi connectivity index (χ0n) is 17.7. The van der Waals surface area contributed by atoms with Gasteiger partial charge in [0.1, 0.15) is 11.3 Å². The summed E-state index contributed by atoms with van der Waals surface area (Å²) in [6.07, 6.45) is 7.81. The Bertz CT molecular complexity index is 1190. The van der Waals surface area contributed by atoms with Gasteiger partial charge >= 0.3 is 0 Å². The minimum Gasteiger partial charge on any atom is -0.354 e. The molecule has 0 saturated carbocycles. The summed E-state index contributed by atoms with van der Waals surface area (Å²) in [4.78, 5) is 33.8. The number of H-pyrrole nitrogens is 1. The van der Waals surface area contributed by atoms with Gasteiger partial charge in [-0.25, -0.2) is 4.98 Å². The maximum absolute atomic E-state index is 12.2. The van der Waals surface area contributed by atoms with Crippen molar-refractivity contribution in [3.63, 3.8) is 0 Å². The fourth-order valence-electron chi connectivity index (χ4n) is 4.03. The highest BCUT2D eigenvalue weighted by atomic mass is 16.1. The molecule has 3 aromatic heterocycles. The van der Waals surface area contributed by atoms with Crippen LogP contribution in [0.3, 0.4) is 0 Å². The fourth-order valence-corrected chi connectivity index (χ4v) is 4.03. The SMILES string of the molecule is CCc1cn2ccc(CN3CC=C(c4ccc(C(=O)NC)nc4C)CC3)c2[nH]c1=O. The van der Waals surface area contributed by atoms with Crippen molar-refractivity contribution in [3.8, 4) is 0 Å². The summed E-state index contributed by atoms with van der Waals surface area (Å²) in [6, 6.07) is 5.85. The van der Waals surface area contributed by atoms with E-state index in [4.69, 9.17) is 0 Å². The standard InChI is InChI=1S/C23H27N5O2/c1-4-16-14-28-12-9-18(21(28)26-22(16)29)13-27-10-7-17(8-11-27)19-5-6-20(23(30)24-3)25-15(19)2/h5-7,9,12,14H,4,8,10-11,13H2,1-3H3,(H,24,30)(H,26,29). The number of rotatable bonds is 5. The summed E-state index contributed by atoms with van der Waals surface area (Å²) in [5.74, 6) is -0.169. The Morgan fingerprint density at radius 3 is 2.77 bits per heavy atom. The van der Waals surface area contributed by atoms with Gasteiger partial charge in [-0.15, -0.1) is 0 Å². The van der Waals surface area contributed by atoms with Gasteiger partial charge in [-0.1, -0.05) is 19.1 Å². The summed E-state index contributed by atoms with van der Waals surface area (Å²) in [5.41, 5.74) is 6.47. The Morgan fingerprint density at radius 2 is 2.10 bits per heavy atom. The summed E-state index contributed by atoms with van der Waals surface area (Å²) >= 11 is 0. The molecule has 0 aliphatic carbocycles. The molecule has 7 heteroatoms. The molecule has 0 fully saturated rings. The minimum absolute atomic E-state index is 0.00560. The second-order valence-corrected chi connectivity index (χ2v) is 7.68. The molecule has 0 bridgehead atoms. The van der Waals surface area contributed by atoms with Gasteiger partial charge in [-0.05, 0) is 43.0 Å². The van der Waals surface area contributed by atoms with E-state index in [1.807, 2.05) is 36.7 Å². The van der Waals surface area contributed by atoms with Crippen molar-refractivity contribution in [3.05, 3.63) is 75.1 Å². The number of aromatic nitrogens is 3. The van der Waals surface area contributed by atoms with Gasteiger partial charge < -0.3 is 14.7 Å². The van der Waals surface area contributed by atoms with Crippen LogP contribution < -0.4 is 10.9 Å². The third-order valence-corrected chi connectivity index (χ3v) is 5.78. The van der Waals surface area contributed by atoms with Gasteiger partial charge in [0.25, 0.3) is 11.5 Å². The van der Waals surface area contributed by atoms with Gasteiger partial charge in [-0.2, -0.15) is 0 Å². The van der Waals surface area contributed by atoms with Crippen LogP contribution in [-0.4, -0.2) is 45.3 Å². The molecule has 0 aromatic carbocycles. The van der Waals surface area contributed by atoms with E-state index in [0.717, 1.165) is 60.5 Å². The van der Waals surface area contributed by atoms with Crippen LogP contribution in [0.1, 0.15) is 46.2 Å². The second-order valence-electron chi connectivity index (χ2n) is 7.68. The number of nitrogens with one attached hydrogen (secondary N) is 2. The Balaban J connectivity index is 1.49. The highest BCUT2D eigenvalue weighted by Gasteiger charge is 2.17. The molecule has 7 nitrogen and oxygen atoms in total. The summed E-state index contributed by atoms with van der Waals surface area (Å²) in [5, 5.41) is 2.61. The van der Waals surface area contributed by atoms with Crippen molar-refractivity contribution in [2.24, 2.45) is 0 Å². The van der Waals surface area contributed by atoms with Crippen LogP contribution in [0.25, 0.3) is 11.2 Å². The lowest BCUT2D eigenvalue weighted by atomic mass is 9.97. The third kappa shape index (κ3) is 3.80. The van der Waals surface area contributed by atoms with Crippen molar-refractivity contribution >= 4 is 17.1 Å². The van der Waals surface area contributed by atoms with E-state index in [2.05, 4.69) is 32.3 Å². The smallest absolute Gasteiger partial charge is 0.269 e. The summed E-state index contributed by atoms with van der Waals surface area (Å²) in [6.45, 7) is 6.48. The van der Waals surface area contributed by atoms with E-state index >= 15 is 0 Å². The number of aromatic amines is 1. The Kier molecular flexibility index (Phi) is 5.55. The van der Waals surface area contributed by atoms with Gasteiger partial charge in [0.05, 0.1) is 0 Å². The van der Waals surface area contributed by atoms with Crippen molar-refractivity contribution in [1.29, 1.82) is 0 Å². The van der Waals surface area contributed by atoms with Crippen molar-refractivity contribution in [2.75, 3.05) is 20.1 Å². The average Bonchev–Trinajstić information content (AvgIpc) is 3.14. The van der Waals surface area contributed by atoms with Gasteiger partial charge in [-0.3, -0.25) is 14.5 Å². The number of pyridine rings is 1. The number of aryl methyl sites for hydroxylation is 2. The monoisotopic (exact) mass is 405 g/mol. The number of carbonyl (C=O) groups is 1. The average molecular weight is 406 g/mol. The number of carbonyl (C=O) groups excluding carboxylic acids is 1. The lowest BCUT2D eigenvalue weighted by Gasteiger charge is -2.26. The lowest BCUT2D eigenvalue weighted by Crippen LogP contribution is -2.28. The topological polar surface area (TPSA) is 82.5 Å². The first kappa shape index (κ1) is 20.1. The predicted molar refractivity (Wildman–Crippen MR) is 118 cm³/mol. The van der Waals surface area contributed by atoms with E-state index in [1.54, 1.807) is 13.1 Å². The molecule has 1 aliphatic rings.